The first-order chi connectivity index (χ1) is 8.59. The number of hydrogen-bond acceptors (Lipinski definition) is 3. The molecule has 98 valence electrons. The van der Waals surface area contributed by atoms with Crippen molar-refractivity contribution in [3.63, 3.8) is 0 Å². The smallest absolute Gasteiger partial charge is 0.254 e. The molecule has 2 N–H and O–H groups in total. The topological polar surface area (TPSA) is 55.6 Å². The van der Waals surface area contributed by atoms with Gasteiger partial charge in [0.05, 0.1) is 22.3 Å². The van der Waals surface area contributed by atoms with Crippen molar-refractivity contribution in [3.8, 4) is 0 Å². The van der Waals surface area contributed by atoms with Gasteiger partial charge in [-0.1, -0.05) is 23.2 Å². The van der Waals surface area contributed by atoms with Gasteiger partial charge in [-0.05, 0) is 18.6 Å². The van der Waals surface area contributed by atoms with Gasteiger partial charge in [-0.2, -0.15) is 0 Å². The molecule has 0 spiro atoms. The van der Waals surface area contributed by atoms with Crippen molar-refractivity contribution in [3.05, 3.63) is 27.7 Å². The summed E-state index contributed by atoms with van der Waals surface area (Å²) in [6, 6.07) is 3.10. The van der Waals surface area contributed by atoms with Crippen LogP contribution in [0, 0.1) is 0 Å². The Labute approximate surface area is 116 Å². The van der Waals surface area contributed by atoms with Gasteiger partial charge in [-0.15, -0.1) is 0 Å². The number of benzene rings is 1. The zero-order valence-corrected chi connectivity index (χ0v) is 11.3. The minimum Gasteiger partial charge on any atom is -0.396 e. The molecule has 1 aromatic rings. The van der Waals surface area contributed by atoms with Gasteiger partial charge in [0.25, 0.3) is 5.91 Å². The van der Waals surface area contributed by atoms with Gasteiger partial charge in [0.15, 0.2) is 0 Å². The molecule has 0 bridgehead atoms. The van der Waals surface area contributed by atoms with Gasteiger partial charge in [0, 0.05) is 25.3 Å². The molecule has 1 amide bonds. The molecule has 1 aliphatic heterocycles. The molecule has 0 unspecified atom stereocenters. The maximum atomic E-state index is 12.3. The summed E-state index contributed by atoms with van der Waals surface area (Å²) in [6.07, 6.45) is 0.835. The van der Waals surface area contributed by atoms with E-state index in [1.54, 1.807) is 17.0 Å². The number of nitrogen functional groups attached to an aromatic ring is 1. The number of carbonyl (C=O) groups is 1. The van der Waals surface area contributed by atoms with Gasteiger partial charge < -0.3 is 15.4 Å². The fraction of sp³-hybridized carbons (Fsp3) is 0.417. The van der Waals surface area contributed by atoms with Crippen LogP contribution in [0.5, 0.6) is 0 Å². The van der Waals surface area contributed by atoms with E-state index in [0.717, 1.165) is 6.42 Å². The zero-order valence-electron chi connectivity index (χ0n) is 9.79. The van der Waals surface area contributed by atoms with Crippen LogP contribution in [0.2, 0.25) is 10.0 Å². The van der Waals surface area contributed by atoms with Gasteiger partial charge in [0.1, 0.15) is 0 Å². The number of nitrogens with zero attached hydrogens (tertiary/aromatic N) is 1. The van der Waals surface area contributed by atoms with Crippen LogP contribution >= 0.6 is 23.2 Å². The first kappa shape index (κ1) is 13.5. The molecule has 4 nitrogen and oxygen atoms in total. The molecule has 1 aliphatic rings. The van der Waals surface area contributed by atoms with Crippen LogP contribution in [0.4, 0.5) is 5.69 Å². The van der Waals surface area contributed by atoms with Crippen molar-refractivity contribution < 1.29 is 9.53 Å². The molecule has 1 fully saturated rings. The highest BCUT2D eigenvalue weighted by molar-refractivity contribution is 6.39. The summed E-state index contributed by atoms with van der Waals surface area (Å²) in [6.45, 7) is 2.51. The molecule has 0 radical (unpaired) electrons. The van der Waals surface area contributed by atoms with Crippen LogP contribution < -0.4 is 5.73 Å². The molecule has 0 aliphatic carbocycles. The number of nitrogens with two attached hydrogens (primary N) is 1. The second-order valence-corrected chi connectivity index (χ2v) is 4.93. The van der Waals surface area contributed by atoms with E-state index in [1.165, 1.54) is 0 Å². The predicted molar refractivity (Wildman–Crippen MR) is 72.2 cm³/mol. The lowest BCUT2D eigenvalue weighted by atomic mass is 10.1. The average molecular weight is 289 g/mol. The SMILES string of the molecule is Nc1c(Cl)cc(C(=O)N2CCCOCC2)cc1Cl. The highest BCUT2D eigenvalue weighted by atomic mass is 35.5. The minimum atomic E-state index is -0.0932. The highest BCUT2D eigenvalue weighted by Gasteiger charge is 2.19. The van der Waals surface area contributed by atoms with E-state index in [-0.39, 0.29) is 5.91 Å². The summed E-state index contributed by atoms with van der Waals surface area (Å²) >= 11 is 11.9. The largest absolute Gasteiger partial charge is 0.396 e. The number of rotatable bonds is 1. The van der Waals surface area contributed by atoms with Crippen molar-refractivity contribution in [1.82, 2.24) is 4.90 Å². The van der Waals surface area contributed by atoms with Crippen molar-refractivity contribution in [2.75, 3.05) is 32.0 Å². The maximum absolute atomic E-state index is 12.3. The van der Waals surface area contributed by atoms with Crippen molar-refractivity contribution in [2.45, 2.75) is 6.42 Å². The van der Waals surface area contributed by atoms with E-state index in [2.05, 4.69) is 0 Å². The van der Waals surface area contributed by atoms with E-state index < -0.39 is 0 Å². The number of halogens is 2. The van der Waals surface area contributed by atoms with E-state index >= 15 is 0 Å². The fourth-order valence-corrected chi connectivity index (χ4v) is 2.33. The quantitative estimate of drug-likeness (QED) is 0.808. The lowest BCUT2D eigenvalue weighted by Crippen LogP contribution is -2.33. The van der Waals surface area contributed by atoms with Crippen molar-refractivity contribution >= 4 is 34.8 Å². The molecule has 1 saturated heterocycles. The van der Waals surface area contributed by atoms with Crippen LogP contribution in [-0.2, 0) is 4.74 Å². The third-order valence-corrected chi connectivity index (χ3v) is 3.46. The fourth-order valence-electron chi connectivity index (χ4n) is 1.84. The molecule has 1 heterocycles. The van der Waals surface area contributed by atoms with Crippen molar-refractivity contribution in [1.29, 1.82) is 0 Å². The summed E-state index contributed by atoms with van der Waals surface area (Å²) < 4.78 is 5.31. The lowest BCUT2D eigenvalue weighted by molar-refractivity contribution is 0.0741. The molecule has 2 rings (SSSR count). The second kappa shape index (κ2) is 5.78. The molecule has 18 heavy (non-hydrogen) atoms. The Morgan fingerprint density at radius 1 is 1.22 bits per heavy atom. The monoisotopic (exact) mass is 288 g/mol. The van der Waals surface area contributed by atoms with Crippen LogP contribution in [-0.4, -0.2) is 37.1 Å². The summed E-state index contributed by atoms with van der Waals surface area (Å²) in [5, 5.41) is 0.605. The Morgan fingerprint density at radius 2 is 1.89 bits per heavy atom. The molecule has 6 heteroatoms. The standard InChI is InChI=1S/C12H14Cl2N2O2/c13-9-6-8(7-10(14)11(9)15)12(17)16-2-1-4-18-5-3-16/h6-7H,1-5,15H2. The summed E-state index contributed by atoms with van der Waals surface area (Å²) in [7, 11) is 0. The first-order valence-electron chi connectivity index (χ1n) is 5.71. The number of hydrogen-bond donors (Lipinski definition) is 1. The first-order valence-corrected chi connectivity index (χ1v) is 6.46. The van der Waals surface area contributed by atoms with Gasteiger partial charge in [-0.25, -0.2) is 0 Å². The average Bonchev–Trinajstić information content (AvgIpc) is 2.63. The minimum absolute atomic E-state index is 0.0932. The Bertz CT molecular complexity index is 434. The Morgan fingerprint density at radius 3 is 2.56 bits per heavy atom. The number of carbonyl (C=O) groups excluding carboxylic acids is 1. The number of ether oxygens (including phenoxy) is 1. The van der Waals surface area contributed by atoms with E-state index in [0.29, 0.717) is 47.6 Å². The third-order valence-electron chi connectivity index (χ3n) is 2.84. The van der Waals surface area contributed by atoms with E-state index in [1.807, 2.05) is 0 Å². The molecular weight excluding hydrogens is 275 g/mol. The van der Waals surface area contributed by atoms with E-state index in [4.69, 9.17) is 33.7 Å². The molecule has 0 aromatic heterocycles. The summed E-state index contributed by atoms with van der Waals surface area (Å²) in [5.74, 6) is -0.0932. The molecule has 1 aromatic carbocycles. The van der Waals surface area contributed by atoms with Gasteiger partial charge in [-0.3, -0.25) is 4.79 Å². The molecule has 0 atom stereocenters. The lowest BCUT2D eigenvalue weighted by Gasteiger charge is -2.20. The summed E-state index contributed by atoms with van der Waals surface area (Å²) in [5.41, 5.74) is 6.40. The molecule has 0 saturated carbocycles. The summed E-state index contributed by atoms with van der Waals surface area (Å²) in [4.78, 5) is 14.0. The van der Waals surface area contributed by atoms with Crippen LogP contribution in [0.15, 0.2) is 12.1 Å². The van der Waals surface area contributed by atoms with Crippen LogP contribution in [0.3, 0.4) is 0 Å². The van der Waals surface area contributed by atoms with Crippen LogP contribution in [0.25, 0.3) is 0 Å². The van der Waals surface area contributed by atoms with Crippen LogP contribution in [0.1, 0.15) is 16.8 Å². The Kier molecular flexibility index (Phi) is 4.32. The van der Waals surface area contributed by atoms with Gasteiger partial charge in [0.2, 0.25) is 0 Å². The van der Waals surface area contributed by atoms with Gasteiger partial charge >= 0.3 is 0 Å². The number of anilines is 1. The second-order valence-electron chi connectivity index (χ2n) is 4.11. The number of amides is 1. The predicted octanol–water partition coefficient (Wildman–Crippen LogP) is 2.44. The zero-order chi connectivity index (χ0) is 13.1. The normalized spacial score (nSPS) is 16.4. The maximum Gasteiger partial charge on any atom is 0.254 e. The third kappa shape index (κ3) is 2.88. The van der Waals surface area contributed by atoms with E-state index in [9.17, 15) is 4.79 Å². The molecular formula is C12H14Cl2N2O2. The Balaban J connectivity index is 2.22. The van der Waals surface area contributed by atoms with Crippen molar-refractivity contribution in [2.24, 2.45) is 0 Å². The Hall–Kier alpha value is -0.970. The highest BCUT2D eigenvalue weighted by Crippen LogP contribution is 2.29.